The summed E-state index contributed by atoms with van der Waals surface area (Å²) >= 11 is 0. The summed E-state index contributed by atoms with van der Waals surface area (Å²) in [4.78, 5) is 18.3. The van der Waals surface area contributed by atoms with Crippen molar-refractivity contribution in [2.45, 2.75) is 25.8 Å². The highest BCUT2D eigenvalue weighted by Crippen LogP contribution is 2.25. The molecule has 0 N–H and O–H groups in total. The summed E-state index contributed by atoms with van der Waals surface area (Å²) in [5.41, 5.74) is 0. The number of hydrogen-bond acceptors (Lipinski definition) is 3. The van der Waals surface area contributed by atoms with E-state index in [-0.39, 0.29) is 12.5 Å². The van der Waals surface area contributed by atoms with Crippen molar-refractivity contribution in [3.63, 3.8) is 0 Å². The molecule has 0 saturated carbocycles. The number of rotatable bonds is 5. The number of amides is 1. The molecule has 0 radical (unpaired) electrons. The van der Waals surface area contributed by atoms with Gasteiger partial charge in [-0.2, -0.15) is 0 Å². The van der Waals surface area contributed by atoms with Gasteiger partial charge in [-0.25, -0.2) is 4.98 Å². The summed E-state index contributed by atoms with van der Waals surface area (Å²) < 4.78 is 7.69. The molecule has 2 heterocycles. The number of nitrogens with zero attached hydrogens (tertiary/aromatic N) is 3. The van der Waals surface area contributed by atoms with E-state index in [1.54, 1.807) is 0 Å². The van der Waals surface area contributed by atoms with Gasteiger partial charge in [-0.15, -0.1) is 0 Å². The molecule has 5 nitrogen and oxygen atoms in total. The molecule has 0 aliphatic carbocycles. The fourth-order valence-corrected chi connectivity index (χ4v) is 2.67. The van der Waals surface area contributed by atoms with Gasteiger partial charge in [-0.05, 0) is 12.1 Å². The first-order chi connectivity index (χ1) is 10.6. The van der Waals surface area contributed by atoms with E-state index in [9.17, 15) is 4.79 Å². The average molecular weight is 299 g/mol. The molecule has 116 valence electrons. The monoisotopic (exact) mass is 299 g/mol. The van der Waals surface area contributed by atoms with Gasteiger partial charge in [-0.1, -0.05) is 32.0 Å². The van der Waals surface area contributed by atoms with Crippen LogP contribution in [0.3, 0.4) is 0 Å². The third kappa shape index (κ3) is 2.98. The molecule has 5 heteroatoms. The highest BCUT2D eigenvalue weighted by Gasteiger charge is 2.33. The van der Waals surface area contributed by atoms with Gasteiger partial charge in [0.05, 0.1) is 6.04 Å². The second-order valence-corrected chi connectivity index (χ2v) is 5.90. The topological polar surface area (TPSA) is 47.4 Å². The summed E-state index contributed by atoms with van der Waals surface area (Å²) in [7, 11) is 0. The van der Waals surface area contributed by atoms with E-state index in [4.69, 9.17) is 4.74 Å². The molecule has 1 aliphatic rings. The quantitative estimate of drug-likeness (QED) is 0.852. The largest absolute Gasteiger partial charge is 0.484 e. The summed E-state index contributed by atoms with van der Waals surface area (Å²) in [5, 5.41) is 0. The van der Waals surface area contributed by atoms with E-state index in [0.717, 1.165) is 24.7 Å². The Morgan fingerprint density at radius 3 is 2.73 bits per heavy atom. The molecule has 1 amide bonds. The second-order valence-electron chi connectivity index (χ2n) is 5.90. The number of carbonyl (C=O) groups is 1. The Kier molecular flexibility index (Phi) is 4.13. The lowest BCUT2D eigenvalue weighted by atomic mass is 10.1. The predicted octanol–water partition coefficient (Wildman–Crippen LogP) is 2.47. The van der Waals surface area contributed by atoms with Crippen LogP contribution in [0.1, 0.15) is 31.6 Å². The van der Waals surface area contributed by atoms with Crippen LogP contribution in [-0.4, -0.2) is 40.1 Å². The first-order valence-corrected chi connectivity index (χ1v) is 7.63. The highest BCUT2D eigenvalue weighted by atomic mass is 16.5. The molecule has 0 unspecified atom stereocenters. The van der Waals surface area contributed by atoms with Crippen molar-refractivity contribution in [1.29, 1.82) is 0 Å². The Morgan fingerprint density at radius 2 is 2.05 bits per heavy atom. The standard InChI is InChI=1S/C17H21N3O2/c1-13(2)17-18-8-9-20(17)14-10-19(11-14)16(21)12-22-15-6-4-3-5-7-15/h3-9,13-14H,10-12H2,1-2H3. The van der Waals surface area contributed by atoms with Crippen molar-refractivity contribution in [2.75, 3.05) is 19.7 Å². The van der Waals surface area contributed by atoms with Crippen LogP contribution in [0.5, 0.6) is 5.75 Å². The lowest BCUT2D eigenvalue weighted by Gasteiger charge is -2.40. The second kappa shape index (κ2) is 6.22. The van der Waals surface area contributed by atoms with Crippen LogP contribution in [0.25, 0.3) is 0 Å². The molecule has 0 atom stereocenters. The minimum absolute atomic E-state index is 0.0336. The van der Waals surface area contributed by atoms with Crippen LogP contribution in [0.4, 0.5) is 0 Å². The third-order valence-corrected chi connectivity index (χ3v) is 3.93. The summed E-state index contributed by atoms with van der Waals surface area (Å²) in [6, 6.07) is 9.75. The van der Waals surface area contributed by atoms with Gasteiger partial charge < -0.3 is 14.2 Å². The van der Waals surface area contributed by atoms with Gasteiger partial charge in [0.25, 0.3) is 5.91 Å². The Bertz CT molecular complexity index is 630. The maximum atomic E-state index is 12.1. The number of carbonyl (C=O) groups excluding carboxylic acids is 1. The summed E-state index contributed by atoms with van der Waals surface area (Å²) in [5.74, 6) is 2.23. The van der Waals surface area contributed by atoms with Crippen molar-refractivity contribution in [3.05, 3.63) is 48.5 Å². The molecule has 1 saturated heterocycles. The van der Waals surface area contributed by atoms with E-state index >= 15 is 0 Å². The third-order valence-electron chi connectivity index (χ3n) is 3.93. The first-order valence-electron chi connectivity index (χ1n) is 7.63. The molecule has 1 aliphatic heterocycles. The van der Waals surface area contributed by atoms with Gasteiger partial charge in [0.2, 0.25) is 0 Å². The maximum absolute atomic E-state index is 12.1. The smallest absolute Gasteiger partial charge is 0.260 e. The van der Waals surface area contributed by atoms with Crippen molar-refractivity contribution >= 4 is 5.91 Å². The van der Waals surface area contributed by atoms with Gasteiger partial charge in [0, 0.05) is 31.4 Å². The van der Waals surface area contributed by atoms with Crippen LogP contribution in [-0.2, 0) is 4.79 Å². The van der Waals surface area contributed by atoms with Gasteiger partial charge in [-0.3, -0.25) is 4.79 Å². The van der Waals surface area contributed by atoms with Crippen LogP contribution in [0.2, 0.25) is 0 Å². The molecule has 3 rings (SSSR count). The number of ether oxygens (including phenoxy) is 1. The van der Waals surface area contributed by atoms with Crippen LogP contribution in [0.15, 0.2) is 42.7 Å². The normalized spacial score (nSPS) is 15.0. The maximum Gasteiger partial charge on any atom is 0.260 e. The summed E-state index contributed by atoms with van der Waals surface area (Å²) in [6.45, 7) is 5.82. The van der Waals surface area contributed by atoms with Crippen LogP contribution >= 0.6 is 0 Å². The zero-order chi connectivity index (χ0) is 15.5. The van der Waals surface area contributed by atoms with Gasteiger partial charge in [0.1, 0.15) is 11.6 Å². The van der Waals surface area contributed by atoms with E-state index < -0.39 is 0 Å². The molecular formula is C17H21N3O2. The zero-order valence-electron chi connectivity index (χ0n) is 13.0. The molecule has 2 aromatic rings. The van der Waals surface area contributed by atoms with Crippen molar-refractivity contribution in [1.82, 2.24) is 14.5 Å². The SMILES string of the molecule is CC(C)c1nccn1C1CN(C(=O)COc2ccccc2)C1. The lowest BCUT2D eigenvalue weighted by molar-refractivity contribution is -0.139. The number of benzene rings is 1. The van der Waals surface area contributed by atoms with Gasteiger partial charge in [0.15, 0.2) is 6.61 Å². The van der Waals surface area contributed by atoms with Crippen molar-refractivity contribution in [3.8, 4) is 5.75 Å². The van der Waals surface area contributed by atoms with Gasteiger partial charge >= 0.3 is 0 Å². The van der Waals surface area contributed by atoms with Crippen LogP contribution < -0.4 is 4.74 Å². The summed E-state index contributed by atoms with van der Waals surface area (Å²) in [6.07, 6.45) is 3.83. The van der Waals surface area contributed by atoms with Crippen LogP contribution in [0, 0.1) is 0 Å². The molecule has 0 bridgehead atoms. The van der Waals surface area contributed by atoms with E-state index in [1.165, 1.54) is 0 Å². The van der Waals surface area contributed by atoms with E-state index in [0.29, 0.717) is 12.0 Å². The van der Waals surface area contributed by atoms with E-state index in [2.05, 4.69) is 23.4 Å². The molecule has 1 aromatic heterocycles. The predicted molar refractivity (Wildman–Crippen MR) is 83.9 cm³/mol. The molecular weight excluding hydrogens is 278 g/mol. The van der Waals surface area contributed by atoms with Crippen molar-refractivity contribution in [2.24, 2.45) is 0 Å². The number of hydrogen-bond donors (Lipinski definition) is 0. The highest BCUT2D eigenvalue weighted by molar-refractivity contribution is 5.78. The average Bonchev–Trinajstić information content (AvgIpc) is 2.94. The van der Waals surface area contributed by atoms with E-state index in [1.807, 2.05) is 47.6 Å². The Labute approximate surface area is 130 Å². The molecule has 1 fully saturated rings. The Morgan fingerprint density at radius 1 is 1.32 bits per heavy atom. The number of imidazole rings is 1. The minimum atomic E-state index is 0.0336. The zero-order valence-corrected chi connectivity index (χ0v) is 13.0. The number of likely N-dealkylation sites (tertiary alicyclic amines) is 1. The number of aromatic nitrogens is 2. The first kappa shape index (κ1) is 14.6. The Balaban J connectivity index is 1.50. The van der Waals surface area contributed by atoms with Crippen molar-refractivity contribution < 1.29 is 9.53 Å². The fourth-order valence-electron chi connectivity index (χ4n) is 2.67. The fraction of sp³-hybridized carbons (Fsp3) is 0.412. The Hall–Kier alpha value is -2.30. The molecule has 1 aromatic carbocycles. The number of para-hydroxylation sites is 1. The lowest BCUT2D eigenvalue weighted by Crippen LogP contribution is -2.52. The minimum Gasteiger partial charge on any atom is -0.484 e. The molecule has 22 heavy (non-hydrogen) atoms. The molecule has 0 spiro atoms.